The van der Waals surface area contributed by atoms with Crippen molar-refractivity contribution in [2.24, 2.45) is 5.73 Å². The second-order valence-electron chi connectivity index (χ2n) is 5.45. The first-order valence-electron chi connectivity index (χ1n) is 6.42. The molecular weight excluding hydrogens is 267 g/mol. The molecule has 0 amide bonds. The van der Waals surface area contributed by atoms with E-state index in [0.29, 0.717) is 13.0 Å². The Morgan fingerprint density at radius 2 is 2.21 bits per heavy atom. The van der Waals surface area contributed by atoms with Crippen LogP contribution in [0.25, 0.3) is 0 Å². The summed E-state index contributed by atoms with van der Waals surface area (Å²) in [5.41, 5.74) is 7.18. The van der Waals surface area contributed by atoms with E-state index in [1.165, 1.54) is 12.1 Å². The zero-order chi connectivity index (χ0) is 13.7. The third-order valence-corrected chi connectivity index (χ3v) is 6.07. The molecule has 1 fully saturated rings. The molecular formula is C13H17FN2O2S. The van der Waals surface area contributed by atoms with Crippen molar-refractivity contribution in [1.29, 1.82) is 0 Å². The van der Waals surface area contributed by atoms with Crippen LogP contribution in [-0.4, -0.2) is 38.6 Å². The number of nitrogens with zero attached hydrogens (tertiary/aromatic N) is 1. The van der Waals surface area contributed by atoms with Crippen LogP contribution in [0.4, 0.5) is 10.1 Å². The molecule has 0 radical (unpaired) electrons. The van der Waals surface area contributed by atoms with E-state index < -0.39 is 15.4 Å². The van der Waals surface area contributed by atoms with Gasteiger partial charge in [-0.1, -0.05) is 6.07 Å². The van der Waals surface area contributed by atoms with Gasteiger partial charge in [0.05, 0.1) is 17.0 Å². The molecule has 1 aromatic carbocycles. The van der Waals surface area contributed by atoms with E-state index in [2.05, 4.69) is 0 Å². The maximum Gasteiger partial charge on any atom is 0.152 e. The summed E-state index contributed by atoms with van der Waals surface area (Å²) in [7, 11) is -3.03. The molecule has 2 heterocycles. The average Bonchev–Trinajstić information content (AvgIpc) is 2.90. The van der Waals surface area contributed by atoms with Crippen molar-refractivity contribution in [3.63, 3.8) is 0 Å². The lowest BCUT2D eigenvalue weighted by molar-refractivity contribution is 0.447. The number of halogens is 1. The second kappa shape index (κ2) is 4.18. The van der Waals surface area contributed by atoms with E-state index in [0.717, 1.165) is 17.7 Å². The summed E-state index contributed by atoms with van der Waals surface area (Å²) < 4.78 is 37.0. The average molecular weight is 284 g/mol. The van der Waals surface area contributed by atoms with Crippen LogP contribution in [0.3, 0.4) is 0 Å². The molecule has 104 valence electrons. The van der Waals surface area contributed by atoms with Gasteiger partial charge in [0.1, 0.15) is 5.82 Å². The fourth-order valence-electron chi connectivity index (χ4n) is 3.23. The van der Waals surface area contributed by atoms with E-state index in [1.54, 1.807) is 6.07 Å². The summed E-state index contributed by atoms with van der Waals surface area (Å²) in [6, 6.07) is 4.71. The first-order chi connectivity index (χ1) is 8.96. The van der Waals surface area contributed by atoms with E-state index >= 15 is 0 Å². The molecule has 19 heavy (non-hydrogen) atoms. The zero-order valence-corrected chi connectivity index (χ0v) is 11.4. The van der Waals surface area contributed by atoms with Gasteiger partial charge in [-0.05, 0) is 30.5 Å². The lowest BCUT2D eigenvalue weighted by atomic mass is 9.96. The summed E-state index contributed by atoms with van der Waals surface area (Å²) >= 11 is 0. The van der Waals surface area contributed by atoms with Crippen molar-refractivity contribution in [3.8, 4) is 0 Å². The summed E-state index contributed by atoms with van der Waals surface area (Å²) in [5, 5.41) is 0. The maximum absolute atomic E-state index is 13.4. The Hall–Kier alpha value is -1.14. The van der Waals surface area contributed by atoms with Gasteiger partial charge in [0.2, 0.25) is 0 Å². The monoisotopic (exact) mass is 284 g/mol. The van der Waals surface area contributed by atoms with Gasteiger partial charge in [-0.3, -0.25) is 0 Å². The van der Waals surface area contributed by atoms with E-state index in [9.17, 15) is 12.8 Å². The largest absolute Gasteiger partial charge is 0.363 e. The molecule has 2 aliphatic heterocycles. The first kappa shape index (κ1) is 12.9. The Kier molecular flexibility index (Phi) is 2.83. The molecule has 1 saturated heterocycles. The highest BCUT2D eigenvalue weighted by molar-refractivity contribution is 7.91. The number of fused-ring (bicyclic) bond motifs is 1. The molecule has 0 bridgehead atoms. The number of rotatable bonds is 2. The first-order valence-corrected chi connectivity index (χ1v) is 8.24. The van der Waals surface area contributed by atoms with Gasteiger partial charge in [-0.25, -0.2) is 12.8 Å². The van der Waals surface area contributed by atoms with Crippen LogP contribution in [0, 0.1) is 5.82 Å². The topological polar surface area (TPSA) is 63.4 Å². The SMILES string of the molecule is NCC1(N2CCc3ccc(F)cc32)CCS(=O)(=O)C1. The number of sulfone groups is 1. The third-order valence-electron chi connectivity index (χ3n) is 4.26. The van der Waals surface area contributed by atoms with Crippen molar-refractivity contribution >= 4 is 15.5 Å². The minimum atomic E-state index is -3.03. The van der Waals surface area contributed by atoms with Gasteiger partial charge in [0, 0.05) is 18.8 Å². The van der Waals surface area contributed by atoms with Gasteiger partial charge in [-0.2, -0.15) is 0 Å². The van der Waals surface area contributed by atoms with Crippen LogP contribution in [0.5, 0.6) is 0 Å². The number of hydrogen-bond acceptors (Lipinski definition) is 4. The van der Waals surface area contributed by atoms with Crippen LogP contribution in [0.15, 0.2) is 18.2 Å². The Balaban J connectivity index is 2.02. The van der Waals surface area contributed by atoms with Crippen molar-refractivity contribution in [1.82, 2.24) is 0 Å². The van der Waals surface area contributed by atoms with Crippen molar-refractivity contribution in [2.45, 2.75) is 18.4 Å². The normalized spacial score (nSPS) is 28.6. The van der Waals surface area contributed by atoms with Crippen molar-refractivity contribution in [2.75, 3.05) is 29.5 Å². The molecule has 1 aromatic rings. The molecule has 1 atom stereocenters. The molecule has 0 aromatic heterocycles. The quantitative estimate of drug-likeness (QED) is 0.868. The van der Waals surface area contributed by atoms with Gasteiger partial charge < -0.3 is 10.6 Å². The number of anilines is 1. The molecule has 1 unspecified atom stereocenters. The number of nitrogens with two attached hydrogens (primary N) is 1. The Morgan fingerprint density at radius 3 is 2.84 bits per heavy atom. The van der Waals surface area contributed by atoms with Gasteiger partial charge >= 0.3 is 0 Å². The Bertz CT molecular complexity index is 617. The number of benzene rings is 1. The fourth-order valence-corrected chi connectivity index (χ4v) is 5.30. The van der Waals surface area contributed by atoms with Crippen LogP contribution >= 0.6 is 0 Å². The summed E-state index contributed by atoms with van der Waals surface area (Å²) in [5.74, 6) is -0.0451. The summed E-state index contributed by atoms with van der Waals surface area (Å²) in [6.07, 6.45) is 1.35. The standard InChI is InChI=1S/C13H17FN2O2S/c14-11-2-1-10-3-5-16(12(10)7-11)13(8-15)4-6-19(17,18)9-13/h1-2,7H,3-6,8-9,15H2. The minimum absolute atomic E-state index is 0.0758. The lowest BCUT2D eigenvalue weighted by Gasteiger charge is -2.39. The zero-order valence-electron chi connectivity index (χ0n) is 10.6. The molecule has 2 N–H and O–H groups in total. The predicted octanol–water partition coefficient (Wildman–Crippen LogP) is 0.704. The van der Waals surface area contributed by atoms with Crippen LogP contribution in [-0.2, 0) is 16.3 Å². The minimum Gasteiger partial charge on any atom is -0.363 e. The highest BCUT2D eigenvalue weighted by Gasteiger charge is 2.47. The third kappa shape index (κ3) is 2.03. The highest BCUT2D eigenvalue weighted by Crippen LogP contribution is 2.39. The Labute approximate surface area is 112 Å². The molecule has 0 spiro atoms. The second-order valence-corrected chi connectivity index (χ2v) is 7.63. The fraction of sp³-hybridized carbons (Fsp3) is 0.538. The predicted molar refractivity (Wildman–Crippen MR) is 72.5 cm³/mol. The van der Waals surface area contributed by atoms with Crippen LogP contribution in [0.2, 0.25) is 0 Å². The number of hydrogen-bond donors (Lipinski definition) is 1. The Morgan fingerprint density at radius 1 is 1.42 bits per heavy atom. The van der Waals surface area contributed by atoms with Crippen LogP contribution < -0.4 is 10.6 Å². The molecule has 4 nitrogen and oxygen atoms in total. The maximum atomic E-state index is 13.4. The summed E-state index contributed by atoms with van der Waals surface area (Å²) in [4.78, 5) is 2.01. The van der Waals surface area contributed by atoms with E-state index in [4.69, 9.17) is 5.73 Å². The van der Waals surface area contributed by atoms with Crippen molar-refractivity contribution in [3.05, 3.63) is 29.6 Å². The van der Waals surface area contributed by atoms with E-state index in [-0.39, 0.29) is 23.9 Å². The van der Waals surface area contributed by atoms with Gasteiger partial charge in [0.15, 0.2) is 9.84 Å². The molecule has 2 aliphatic rings. The summed E-state index contributed by atoms with van der Waals surface area (Å²) in [6.45, 7) is 0.994. The van der Waals surface area contributed by atoms with Gasteiger partial charge in [-0.15, -0.1) is 0 Å². The molecule has 6 heteroatoms. The lowest BCUT2D eigenvalue weighted by Crippen LogP contribution is -2.54. The highest BCUT2D eigenvalue weighted by atomic mass is 32.2. The molecule has 3 rings (SSSR count). The smallest absolute Gasteiger partial charge is 0.152 e. The van der Waals surface area contributed by atoms with Gasteiger partial charge in [0.25, 0.3) is 0 Å². The van der Waals surface area contributed by atoms with Crippen molar-refractivity contribution < 1.29 is 12.8 Å². The van der Waals surface area contributed by atoms with Crippen LogP contribution in [0.1, 0.15) is 12.0 Å². The molecule has 0 aliphatic carbocycles. The molecule has 0 saturated carbocycles. The van der Waals surface area contributed by atoms with E-state index in [1.807, 2.05) is 4.90 Å².